The van der Waals surface area contributed by atoms with Crippen molar-refractivity contribution < 1.29 is 23.9 Å². The minimum atomic E-state index is -1.22. The normalized spacial score (nSPS) is 20.6. The van der Waals surface area contributed by atoms with Gasteiger partial charge in [0.15, 0.2) is 0 Å². The molecular formula is C15H17NO5. The summed E-state index contributed by atoms with van der Waals surface area (Å²) >= 11 is 0. The number of methoxy groups -OCH3 is 2. The Morgan fingerprint density at radius 3 is 2.29 bits per heavy atom. The van der Waals surface area contributed by atoms with E-state index in [1.807, 2.05) is 0 Å². The highest BCUT2D eigenvalue weighted by Gasteiger charge is 2.51. The maximum absolute atomic E-state index is 12.3. The highest BCUT2D eigenvalue weighted by atomic mass is 16.5. The molecule has 0 radical (unpaired) electrons. The van der Waals surface area contributed by atoms with E-state index in [4.69, 9.17) is 9.47 Å². The molecule has 1 aliphatic heterocycles. The lowest BCUT2D eigenvalue weighted by atomic mass is 9.71. The van der Waals surface area contributed by atoms with Crippen LogP contribution in [0.5, 0.6) is 5.75 Å². The number of benzene rings is 1. The van der Waals surface area contributed by atoms with Gasteiger partial charge in [0.2, 0.25) is 11.8 Å². The van der Waals surface area contributed by atoms with Gasteiger partial charge < -0.3 is 9.47 Å². The Kier molecular flexibility index (Phi) is 3.97. The molecule has 0 aromatic heterocycles. The second-order valence-corrected chi connectivity index (χ2v) is 5.09. The average molecular weight is 291 g/mol. The third-order valence-corrected chi connectivity index (χ3v) is 3.96. The molecule has 1 N–H and O–H groups in total. The van der Waals surface area contributed by atoms with Crippen molar-refractivity contribution in [2.45, 2.75) is 18.8 Å². The summed E-state index contributed by atoms with van der Waals surface area (Å²) in [6, 6.07) is 6.80. The van der Waals surface area contributed by atoms with E-state index in [1.165, 1.54) is 14.2 Å². The van der Waals surface area contributed by atoms with Crippen LogP contribution >= 0.6 is 0 Å². The maximum Gasteiger partial charge on any atom is 0.316 e. The number of rotatable bonds is 4. The summed E-state index contributed by atoms with van der Waals surface area (Å²) in [6.07, 6.45) is -0.0313. The van der Waals surface area contributed by atoms with E-state index >= 15 is 0 Å². The van der Waals surface area contributed by atoms with Crippen LogP contribution < -0.4 is 10.1 Å². The Bertz CT molecular complexity index is 580. The Morgan fingerprint density at radius 1 is 1.24 bits per heavy atom. The van der Waals surface area contributed by atoms with Gasteiger partial charge >= 0.3 is 5.97 Å². The van der Waals surface area contributed by atoms with Crippen LogP contribution in [-0.2, 0) is 24.5 Å². The van der Waals surface area contributed by atoms with Crippen LogP contribution in [0.15, 0.2) is 24.3 Å². The number of imide groups is 1. The summed E-state index contributed by atoms with van der Waals surface area (Å²) in [5, 5.41) is 2.23. The van der Waals surface area contributed by atoms with Crippen LogP contribution in [0.2, 0.25) is 0 Å². The van der Waals surface area contributed by atoms with E-state index in [2.05, 4.69) is 5.32 Å². The van der Waals surface area contributed by atoms with Crippen molar-refractivity contribution in [3.8, 4) is 5.75 Å². The number of hydrogen-bond acceptors (Lipinski definition) is 5. The second kappa shape index (κ2) is 5.55. The Morgan fingerprint density at radius 2 is 1.86 bits per heavy atom. The second-order valence-electron chi connectivity index (χ2n) is 5.09. The molecule has 6 heteroatoms. The van der Waals surface area contributed by atoms with E-state index in [9.17, 15) is 14.4 Å². The molecule has 112 valence electrons. The topological polar surface area (TPSA) is 81.7 Å². The van der Waals surface area contributed by atoms with Crippen LogP contribution in [-0.4, -0.2) is 32.0 Å². The van der Waals surface area contributed by atoms with E-state index in [1.54, 1.807) is 31.2 Å². The average Bonchev–Trinajstić information content (AvgIpc) is 2.84. The first-order valence-corrected chi connectivity index (χ1v) is 6.50. The summed E-state index contributed by atoms with van der Waals surface area (Å²) < 4.78 is 9.94. The van der Waals surface area contributed by atoms with E-state index in [0.717, 1.165) is 0 Å². The molecule has 1 heterocycles. The number of amides is 2. The molecule has 1 aromatic carbocycles. The first kappa shape index (κ1) is 15.0. The van der Waals surface area contributed by atoms with Gasteiger partial charge in [-0.2, -0.15) is 0 Å². The van der Waals surface area contributed by atoms with Crippen molar-refractivity contribution in [1.82, 2.24) is 5.32 Å². The smallest absolute Gasteiger partial charge is 0.316 e. The van der Waals surface area contributed by atoms with Crippen molar-refractivity contribution in [1.29, 1.82) is 0 Å². The third-order valence-electron chi connectivity index (χ3n) is 3.96. The highest BCUT2D eigenvalue weighted by molar-refractivity contribution is 6.07. The SMILES string of the molecule is COC(=O)C(C)(c1ccc(OC)cc1)C1CC(=O)NC1=O. The van der Waals surface area contributed by atoms with E-state index < -0.39 is 23.2 Å². The van der Waals surface area contributed by atoms with Gasteiger partial charge in [0.25, 0.3) is 0 Å². The highest BCUT2D eigenvalue weighted by Crippen LogP contribution is 2.38. The summed E-state index contributed by atoms with van der Waals surface area (Å²) in [7, 11) is 2.80. The lowest BCUT2D eigenvalue weighted by Gasteiger charge is -2.31. The summed E-state index contributed by atoms with van der Waals surface area (Å²) in [5.74, 6) is -1.54. The number of nitrogens with one attached hydrogen (secondary N) is 1. The summed E-state index contributed by atoms with van der Waals surface area (Å²) in [4.78, 5) is 35.7. The van der Waals surface area contributed by atoms with Gasteiger partial charge in [-0.3, -0.25) is 19.7 Å². The lowest BCUT2D eigenvalue weighted by molar-refractivity contribution is -0.151. The van der Waals surface area contributed by atoms with E-state index in [0.29, 0.717) is 11.3 Å². The zero-order valence-corrected chi connectivity index (χ0v) is 12.1. The lowest BCUT2D eigenvalue weighted by Crippen LogP contribution is -2.44. The number of carbonyl (C=O) groups excluding carboxylic acids is 3. The molecule has 2 unspecified atom stereocenters. The third kappa shape index (κ3) is 2.49. The van der Waals surface area contributed by atoms with Crippen LogP contribution in [0.25, 0.3) is 0 Å². The zero-order chi connectivity index (χ0) is 15.6. The van der Waals surface area contributed by atoms with Gasteiger partial charge in [-0.1, -0.05) is 12.1 Å². The number of ether oxygens (including phenoxy) is 2. The fourth-order valence-electron chi connectivity index (χ4n) is 2.63. The van der Waals surface area contributed by atoms with Crippen molar-refractivity contribution in [2.75, 3.05) is 14.2 Å². The summed E-state index contributed by atoms with van der Waals surface area (Å²) in [5.41, 5.74) is -0.623. The van der Waals surface area contributed by atoms with Gasteiger partial charge in [0.1, 0.15) is 11.2 Å². The molecule has 0 spiro atoms. The molecular weight excluding hydrogens is 274 g/mol. The molecule has 1 fully saturated rings. The number of esters is 1. The molecule has 21 heavy (non-hydrogen) atoms. The van der Waals surface area contributed by atoms with Gasteiger partial charge in [-0.15, -0.1) is 0 Å². The van der Waals surface area contributed by atoms with Gasteiger partial charge in [0.05, 0.1) is 20.1 Å². The van der Waals surface area contributed by atoms with Crippen molar-refractivity contribution >= 4 is 17.8 Å². The van der Waals surface area contributed by atoms with Crippen molar-refractivity contribution in [2.24, 2.45) is 5.92 Å². The molecule has 1 saturated heterocycles. The number of carbonyl (C=O) groups is 3. The Labute approximate surface area is 122 Å². The van der Waals surface area contributed by atoms with Crippen LogP contribution in [0, 0.1) is 5.92 Å². The fourth-order valence-corrected chi connectivity index (χ4v) is 2.63. The number of hydrogen-bond donors (Lipinski definition) is 1. The Hall–Kier alpha value is -2.37. The monoisotopic (exact) mass is 291 g/mol. The van der Waals surface area contributed by atoms with Crippen LogP contribution in [0.1, 0.15) is 18.9 Å². The van der Waals surface area contributed by atoms with Crippen molar-refractivity contribution in [3.63, 3.8) is 0 Å². The first-order valence-electron chi connectivity index (χ1n) is 6.50. The molecule has 1 aliphatic rings. The quantitative estimate of drug-likeness (QED) is 0.655. The molecule has 0 bridgehead atoms. The predicted octanol–water partition coefficient (Wildman–Crippen LogP) is 0.789. The van der Waals surface area contributed by atoms with Gasteiger partial charge in [-0.05, 0) is 24.6 Å². The van der Waals surface area contributed by atoms with Gasteiger partial charge in [-0.25, -0.2) is 0 Å². The van der Waals surface area contributed by atoms with Crippen LogP contribution in [0.3, 0.4) is 0 Å². The predicted molar refractivity (Wildman–Crippen MR) is 73.6 cm³/mol. The molecule has 2 amide bonds. The minimum Gasteiger partial charge on any atom is -0.497 e. The van der Waals surface area contributed by atoms with Crippen LogP contribution in [0.4, 0.5) is 0 Å². The summed E-state index contributed by atoms with van der Waals surface area (Å²) in [6.45, 7) is 1.61. The maximum atomic E-state index is 12.3. The molecule has 2 rings (SSSR count). The zero-order valence-electron chi connectivity index (χ0n) is 12.1. The van der Waals surface area contributed by atoms with Gasteiger partial charge in [0, 0.05) is 6.42 Å². The molecule has 6 nitrogen and oxygen atoms in total. The molecule has 1 aromatic rings. The molecule has 0 saturated carbocycles. The largest absolute Gasteiger partial charge is 0.497 e. The van der Waals surface area contributed by atoms with Crippen molar-refractivity contribution in [3.05, 3.63) is 29.8 Å². The Balaban J connectivity index is 2.48. The van der Waals surface area contributed by atoms with E-state index in [-0.39, 0.29) is 12.3 Å². The molecule has 0 aliphatic carbocycles. The standard InChI is InChI=1S/C15H17NO5/c1-15(14(19)21-3,11-8-12(17)16-13(11)18)9-4-6-10(20-2)7-5-9/h4-7,11H,8H2,1-3H3,(H,16,17,18). The fraction of sp³-hybridized carbons (Fsp3) is 0.400. The minimum absolute atomic E-state index is 0.0313. The molecule has 2 atom stereocenters. The first-order chi connectivity index (χ1) is 9.93.